The van der Waals surface area contributed by atoms with Gasteiger partial charge in [0.1, 0.15) is 17.6 Å². The quantitative estimate of drug-likeness (QED) is 0.858. The predicted octanol–water partition coefficient (Wildman–Crippen LogP) is 2.81. The number of nitriles is 1. The first-order valence-electron chi connectivity index (χ1n) is 6.45. The highest BCUT2D eigenvalue weighted by atomic mass is 16.5. The summed E-state index contributed by atoms with van der Waals surface area (Å²) in [5.74, 6) is 1.68. The summed E-state index contributed by atoms with van der Waals surface area (Å²) in [6.45, 7) is 8.31. The van der Waals surface area contributed by atoms with E-state index in [2.05, 4.69) is 16.2 Å². The van der Waals surface area contributed by atoms with Gasteiger partial charge < -0.3 is 9.42 Å². The highest BCUT2D eigenvalue weighted by Crippen LogP contribution is 2.21. The second-order valence-corrected chi connectivity index (χ2v) is 5.03. The zero-order valence-corrected chi connectivity index (χ0v) is 12.5. The van der Waals surface area contributed by atoms with E-state index in [0.29, 0.717) is 12.1 Å². The summed E-state index contributed by atoms with van der Waals surface area (Å²) in [5.41, 5.74) is 4.33. The maximum Gasteiger partial charge on any atom is 0.138 e. The number of pyridine rings is 1. The van der Waals surface area contributed by atoms with E-state index in [1.807, 2.05) is 45.7 Å². The minimum absolute atomic E-state index is 0.652. The summed E-state index contributed by atoms with van der Waals surface area (Å²) in [4.78, 5) is 6.53. The standard InChI is InChI=1S/C15H18N4O/c1-9-6-15(17-10(2)13(9)7-16)19(5)8-14-11(3)18-20-12(14)4/h6H,8H2,1-5H3. The van der Waals surface area contributed by atoms with Crippen LogP contribution in [0.5, 0.6) is 0 Å². The van der Waals surface area contributed by atoms with Crippen molar-refractivity contribution < 1.29 is 4.52 Å². The Kier molecular flexibility index (Phi) is 3.75. The van der Waals surface area contributed by atoms with Crippen molar-refractivity contribution in [1.82, 2.24) is 10.1 Å². The molecule has 0 saturated heterocycles. The smallest absolute Gasteiger partial charge is 0.138 e. The Morgan fingerprint density at radius 1 is 1.25 bits per heavy atom. The average molecular weight is 270 g/mol. The maximum atomic E-state index is 9.08. The van der Waals surface area contributed by atoms with Crippen LogP contribution in [0.15, 0.2) is 10.6 Å². The van der Waals surface area contributed by atoms with Crippen molar-refractivity contribution in [1.29, 1.82) is 5.26 Å². The van der Waals surface area contributed by atoms with Crippen LogP contribution in [-0.2, 0) is 6.54 Å². The van der Waals surface area contributed by atoms with Crippen molar-refractivity contribution >= 4 is 5.82 Å². The SMILES string of the molecule is Cc1cc(N(C)Cc2c(C)noc2C)nc(C)c1C#N. The molecule has 0 saturated carbocycles. The average Bonchev–Trinajstić information content (AvgIpc) is 2.70. The van der Waals surface area contributed by atoms with Crippen molar-refractivity contribution in [2.45, 2.75) is 34.2 Å². The summed E-state index contributed by atoms with van der Waals surface area (Å²) in [6, 6.07) is 4.12. The number of aromatic nitrogens is 2. The third kappa shape index (κ3) is 2.50. The molecule has 0 aliphatic heterocycles. The molecule has 2 aromatic heterocycles. The van der Waals surface area contributed by atoms with Crippen molar-refractivity contribution in [2.75, 3.05) is 11.9 Å². The molecule has 0 fully saturated rings. The summed E-state index contributed by atoms with van der Waals surface area (Å²) < 4.78 is 5.18. The minimum Gasteiger partial charge on any atom is -0.361 e. The van der Waals surface area contributed by atoms with Crippen molar-refractivity contribution in [3.63, 3.8) is 0 Å². The first-order valence-corrected chi connectivity index (χ1v) is 6.45. The molecule has 0 atom stereocenters. The van der Waals surface area contributed by atoms with E-state index in [1.54, 1.807) is 0 Å². The highest BCUT2D eigenvalue weighted by molar-refractivity contribution is 5.50. The van der Waals surface area contributed by atoms with Gasteiger partial charge in [-0.2, -0.15) is 5.26 Å². The van der Waals surface area contributed by atoms with Gasteiger partial charge in [0, 0.05) is 19.2 Å². The Balaban J connectivity index is 2.31. The Morgan fingerprint density at radius 3 is 2.45 bits per heavy atom. The second-order valence-electron chi connectivity index (χ2n) is 5.03. The van der Waals surface area contributed by atoms with Gasteiger partial charge in [-0.15, -0.1) is 0 Å². The lowest BCUT2D eigenvalue weighted by molar-refractivity contribution is 0.392. The van der Waals surface area contributed by atoms with Crippen LogP contribution in [0, 0.1) is 39.0 Å². The fourth-order valence-corrected chi connectivity index (χ4v) is 2.22. The van der Waals surface area contributed by atoms with E-state index in [-0.39, 0.29) is 0 Å². The normalized spacial score (nSPS) is 10.4. The zero-order chi connectivity index (χ0) is 14.9. The molecule has 0 aromatic carbocycles. The largest absolute Gasteiger partial charge is 0.361 e. The van der Waals surface area contributed by atoms with Gasteiger partial charge in [0.05, 0.1) is 17.0 Å². The number of anilines is 1. The van der Waals surface area contributed by atoms with Gasteiger partial charge in [0.2, 0.25) is 0 Å². The molecule has 20 heavy (non-hydrogen) atoms. The lowest BCUT2D eigenvalue weighted by Crippen LogP contribution is -2.19. The Bertz CT molecular complexity index is 639. The van der Waals surface area contributed by atoms with E-state index in [4.69, 9.17) is 9.78 Å². The van der Waals surface area contributed by atoms with Gasteiger partial charge in [-0.3, -0.25) is 0 Å². The third-order valence-electron chi connectivity index (χ3n) is 3.46. The van der Waals surface area contributed by atoms with Crippen LogP contribution < -0.4 is 4.90 Å². The molecule has 0 amide bonds. The topological polar surface area (TPSA) is 66.0 Å². The van der Waals surface area contributed by atoms with Crippen LogP contribution in [0.4, 0.5) is 5.82 Å². The summed E-state index contributed by atoms with van der Waals surface area (Å²) in [7, 11) is 1.97. The van der Waals surface area contributed by atoms with E-state index < -0.39 is 0 Å². The molecular weight excluding hydrogens is 252 g/mol. The van der Waals surface area contributed by atoms with E-state index in [1.165, 1.54) is 0 Å². The maximum absolute atomic E-state index is 9.08. The van der Waals surface area contributed by atoms with Crippen LogP contribution in [0.25, 0.3) is 0 Å². The summed E-state index contributed by atoms with van der Waals surface area (Å²) in [6.07, 6.45) is 0. The van der Waals surface area contributed by atoms with E-state index in [0.717, 1.165) is 34.1 Å². The highest BCUT2D eigenvalue weighted by Gasteiger charge is 2.14. The van der Waals surface area contributed by atoms with Gasteiger partial charge in [0.25, 0.3) is 0 Å². The first kappa shape index (κ1) is 14.1. The Hall–Kier alpha value is -2.35. The van der Waals surface area contributed by atoms with Gasteiger partial charge in [-0.25, -0.2) is 4.98 Å². The van der Waals surface area contributed by atoms with Gasteiger partial charge in [0.15, 0.2) is 0 Å². The van der Waals surface area contributed by atoms with Gasteiger partial charge in [-0.05, 0) is 39.3 Å². The molecule has 2 aromatic rings. The van der Waals surface area contributed by atoms with Gasteiger partial charge >= 0.3 is 0 Å². The Morgan fingerprint density at radius 2 is 1.95 bits per heavy atom. The molecular formula is C15H18N4O. The molecule has 5 heteroatoms. The molecule has 0 radical (unpaired) electrons. The van der Waals surface area contributed by atoms with Crippen LogP contribution in [0.3, 0.4) is 0 Å². The van der Waals surface area contributed by atoms with Gasteiger partial charge in [-0.1, -0.05) is 5.16 Å². The first-order chi connectivity index (χ1) is 9.43. The van der Waals surface area contributed by atoms with Crippen LogP contribution in [0.2, 0.25) is 0 Å². The van der Waals surface area contributed by atoms with Crippen molar-refractivity contribution in [3.05, 3.63) is 39.9 Å². The minimum atomic E-state index is 0.652. The zero-order valence-electron chi connectivity index (χ0n) is 12.5. The molecule has 0 spiro atoms. The Labute approximate surface area is 118 Å². The van der Waals surface area contributed by atoms with Crippen LogP contribution in [0.1, 0.15) is 33.8 Å². The van der Waals surface area contributed by atoms with Crippen molar-refractivity contribution in [2.24, 2.45) is 0 Å². The summed E-state index contributed by atoms with van der Waals surface area (Å²) >= 11 is 0. The summed E-state index contributed by atoms with van der Waals surface area (Å²) in [5, 5.41) is 13.0. The number of aryl methyl sites for hydroxylation is 4. The second kappa shape index (κ2) is 5.33. The number of nitrogens with zero attached hydrogens (tertiary/aromatic N) is 4. The molecule has 0 aliphatic rings. The molecule has 2 rings (SSSR count). The number of hydrogen-bond acceptors (Lipinski definition) is 5. The van der Waals surface area contributed by atoms with Crippen LogP contribution >= 0.6 is 0 Å². The van der Waals surface area contributed by atoms with E-state index >= 15 is 0 Å². The molecule has 0 bridgehead atoms. The molecule has 0 unspecified atom stereocenters. The monoisotopic (exact) mass is 270 g/mol. The van der Waals surface area contributed by atoms with E-state index in [9.17, 15) is 0 Å². The molecule has 0 aliphatic carbocycles. The number of hydrogen-bond donors (Lipinski definition) is 0. The molecule has 2 heterocycles. The lowest BCUT2D eigenvalue weighted by Gasteiger charge is -2.19. The fraction of sp³-hybridized carbons (Fsp3) is 0.400. The van der Waals surface area contributed by atoms with Crippen LogP contribution in [-0.4, -0.2) is 17.2 Å². The molecule has 104 valence electrons. The predicted molar refractivity (Wildman–Crippen MR) is 76.5 cm³/mol. The third-order valence-corrected chi connectivity index (χ3v) is 3.46. The number of rotatable bonds is 3. The fourth-order valence-electron chi connectivity index (χ4n) is 2.22. The molecule has 5 nitrogen and oxygen atoms in total. The lowest BCUT2D eigenvalue weighted by atomic mass is 10.1. The molecule has 0 N–H and O–H groups in total. The van der Waals surface area contributed by atoms with Crippen molar-refractivity contribution in [3.8, 4) is 6.07 Å².